The molecule has 0 aliphatic heterocycles. The van der Waals surface area contributed by atoms with Crippen molar-refractivity contribution in [2.24, 2.45) is 0 Å². The van der Waals surface area contributed by atoms with Crippen LogP contribution in [-0.4, -0.2) is 23.5 Å². The minimum absolute atomic E-state index is 0.256. The minimum atomic E-state index is -0.454. The molecule has 0 saturated carbocycles. The average Bonchev–Trinajstić information content (AvgIpc) is 2.73. The molecule has 0 aliphatic carbocycles. The number of ketones is 2. The molecule has 3 aromatic carbocycles. The lowest BCUT2D eigenvalue weighted by Crippen LogP contribution is -2.11. The highest BCUT2D eigenvalue weighted by molar-refractivity contribution is 6.19. The van der Waals surface area contributed by atoms with Gasteiger partial charge in [0.25, 0.3) is 0 Å². The van der Waals surface area contributed by atoms with Crippen molar-refractivity contribution >= 4 is 23.5 Å². The van der Waals surface area contributed by atoms with E-state index in [1.807, 2.05) is 0 Å². The number of carbonyl (C=O) groups is 4. The molecule has 0 aliphatic rings. The highest BCUT2D eigenvalue weighted by Gasteiger charge is 2.19. The van der Waals surface area contributed by atoms with Crippen molar-refractivity contribution in [2.75, 3.05) is 0 Å². The van der Waals surface area contributed by atoms with Crippen LogP contribution < -0.4 is 9.47 Å². The average molecular weight is 402 g/mol. The summed E-state index contributed by atoms with van der Waals surface area (Å²) in [7, 11) is 0. The molecule has 0 N–H and O–H groups in total. The molecule has 3 aromatic rings. The van der Waals surface area contributed by atoms with Gasteiger partial charge in [-0.3, -0.25) is 19.2 Å². The molecule has 0 saturated heterocycles. The molecule has 6 nitrogen and oxygen atoms in total. The van der Waals surface area contributed by atoms with Crippen LogP contribution >= 0.6 is 0 Å². The van der Waals surface area contributed by atoms with Gasteiger partial charge in [0.05, 0.1) is 0 Å². The molecular weight excluding hydrogens is 384 g/mol. The summed E-state index contributed by atoms with van der Waals surface area (Å²) in [6, 6.07) is 18.8. The van der Waals surface area contributed by atoms with Crippen LogP contribution in [0.5, 0.6) is 11.5 Å². The topological polar surface area (TPSA) is 86.7 Å². The fourth-order valence-electron chi connectivity index (χ4n) is 2.87. The van der Waals surface area contributed by atoms with Gasteiger partial charge in [0.1, 0.15) is 11.5 Å². The summed E-state index contributed by atoms with van der Waals surface area (Å²) in [6.45, 7) is 2.58. The summed E-state index contributed by atoms with van der Waals surface area (Å²) in [6.07, 6.45) is 0. The summed E-state index contributed by atoms with van der Waals surface area (Å²) < 4.78 is 9.94. The molecule has 150 valence electrons. The van der Waals surface area contributed by atoms with Gasteiger partial charge in [-0.25, -0.2) is 0 Å². The first-order valence-electron chi connectivity index (χ1n) is 9.10. The first-order chi connectivity index (χ1) is 14.3. The molecule has 0 amide bonds. The van der Waals surface area contributed by atoms with Gasteiger partial charge in [0.15, 0.2) is 11.6 Å². The standard InChI is InChI=1S/C24H18O6/c1-15(25)29-19-11-7-17(8-12-19)23(27)21-5-3-4-6-22(21)24(28)18-9-13-20(14-10-18)30-16(2)26/h3-14H,1-2H3. The molecular formula is C24H18O6. The normalized spacial score (nSPS) is 10.2. The minimum Gasteiger partial charge on any atom is -0.427 e. The van der Waals surface area contributed by atoms with Crippen molar-refractivity contribution in [3.63, 3.8) is 0 Å². The number of rotatable bonds is 6. The Morgan fingerprint density at radius 2 is 0.867 bits per heavy atom. The van der Waals surface area contributed by atoms with Crippen LogP contribution in [0.1, 0.15) is 45.7 Å². The van der Waals surface area contributed by atoms with E-state index in [4.69, 9.17) is 9.47 Å². The van der Waals surface area contributed by atoms with Crippen LogP contribution in [-0.2, 0) is 9.59 Å². The summed E-state index contributed by atoms with van der Waals surface area (Å²) in [5.74, 6) is -0.906. The number of hydrogen-bond donors (Lipinski definition) is 0. The van der Waals surface area contributed by atoms with Gasteiger partial charge < -0.3 is 9.47 Å². The Kier molecular flexibility index (Phi) is 6.17. The molecule has 0 fully saturated rings. The Morgan fingerprint density at radius 1 is 0.533 bits per heavy atom. The van der Waals surface area contributed by atoms with Gasteiger partial charge in [0, 0.05) is 36.1 Å². The summed E-state index contributed by atoms with van der Waals surface area (Å²) in [5, 5.41) is 0. The molecule has 3 rings (SSSR count). The predicted molar refractivity (Wildman–Crippen MR) is 109 cm³/mol. The zero-order valence-corrected chi connectivity index (χ0v) is 16.4. The van der Waals surface area contributed by atoms with E-state index in [-0.39, 0.29) is 22.7 Å². The van der Waals surface area contributed by atoms with Gasteiger partial charge in [-0.2, -0.15) is 0 Å². The quantitative estimate of drug-likeness (QED) is 0.352. The highest BCUT2D eigenvalue weighted by atomic mass is 16.5. The third-order valence-corrected chi connectivity index (χ3v) is 4.17. The Labute approximate surface area is 173 Å². The Hall–Kier alpha value is -4.06. The van der Waals surface area contributed by atoms with Crippen molar-refractivity contribution in [3.05, 3.63) is 95.1 Å². The maximum absolute atomic E-state index is 13.0. The van der Waals surface area contributed by atoms with E-state index in [1.165, 1.54) is 62.4 Å². The number of benzene rings is 3. The Bertz CT molecular complexity index is 1020. The molecule has 0 radical (unpaired) electrons. The second-order valence-electron chi connectivity index (χ2n) is 6.44. The summed E-state index contributed by atoms with van der Waals surface area (Å²) in [5.41, 5.74) is 1.23. The molecule has 0 aromatic heterocycles. The fraction of sp³-hybridized carbons (Fsp3) is 0.0833. The van der Waals surface area contributed by atoms with E-state index in [9.17, 15) is 19.2 Å². The molecule has 0 atom stereocenters. The first-order valence-corrected chi connectivity index (χ1v) is 9.10. The van der Waals surface area contributed by atoms with Crippen molar-refractivity contribution < 1.29 is 28.7 Å². The van der Waals surface area contributed by atoms with Gasteiger partial charge in [-0.05, 0) is 48.5 Å². The van der Waals surface area contributed by atoms with Crippen LogP contribution in [0, 0.1) is 0 Å². The third kappa shape index (κ3) is 4.86. The van der Waals surface area contributed by atoms with Gasteiger partial charge in [-0.1, -0.05) is 24.3 Å². The smallest absolute Gasteiger partial charge is 0.308 e. The van der Waals surface area contributed by atoms with Gasteiger partial charge >= 0.3 is 11.9 Å². The highest BCUT2D eigenvalue weighted by Crippen LogP contribution is 2.21. The third-order valence-electron chi connectivity index (χ3n) is 4.17. The van der Waals surface area contributed by atoms with Crippen LogP contribution in [0.3, 0.4) is 0 Å². The SMILES string of the molecule is CC(=O)Oc1ccc(C(=O)c2ccccc2C(=O)c2ccc(OC(C)=O)cc2)cc1. The summed E-state index contributed by atoms with van der Waals surface area (Å²) >= 11 is 0. The zero-order valence-electron chi connectivity index (χ0n) is 16.4. The van der Waals surface area contributed by atoms with Crippen molar-refractivity contribution in [1.29, 1.82) is 0 Å². The van der Waals surface area contributed by atoms with E-state index >= 15 is 0 Å². The lowest BCUT2D eigenvalue weighted by molar-refractivity contribution is -0.132. The maximum atomic E-state index is 13.0. The molecule has 0 heterocycles. The molecule has 0 unspecified atom stereocenters. The number of carbonyl (C=O) groups excluding carboxylic acids is 4. The van der Waals surface area contributed by atoms with Crippen LogP contribution in [0.15, 0.2) is 72.8 Å². The van der Waals surface area contributed by atoms with E-state index in [2.05, 4.69) is 0 Å². The van der Waals surface area contributed by atoms with E-state index < -0.39 is 11.9 Å². The number of ether oxygens (including phenoxy) is 2. The van der Waals surface area contributed by atoms with Gasteiger partial charge in [0.2, 0.25) is 0 Å². The Morgan fingerprint density at radius 3 is 1.17 bits per heavy atom. The number of hydrogen-bond acceptors (Lipinski definition) is 6. The maximum Gasteiger partial charge on any atom is 0.308 e. The monoisotopic (exact) mass is 402 g/mol. The molecule has 6 heteroatoms. The van der Waals surface area contributed by atoms with E-state index in [0.29, 0.717) is 22.6 Å². The van der Waals surface area contributed by atoms with Crippen molar-refractivity contribution in [1.82, 2.24) is 0 Å². The lowest BCUT2D eigenvalue weighted by atomic mass is 9.93. The van der Waals surface area contributed by atoms with Crippen molar-refractivity contribution in [2.45, 2.75) is 13.8 Å². The lowest BCUT2D eigenvalue weighted by Gasteiger charge is -2.09. The van der Waals surface area contributed by atoms with E-state index in [0.717, 1.165) is 0 Å². The second kappa shape index (κ2) is 8.96. The Balaban J connectivity index is 1.88. The van der Waals surface area contributed by atoms with Crippen LogP contribution in [0.25, 0.3) is 0 Å². The van der Waals surface area contributed by atoms with Crippen LogP contribution in [0.4, 0.5) is 0 Å². The fourth-order valence-corrected chi connectivity index (χ4v) is 2.87. The predicted octanol–water partition coefficient (Wildman–Crippen LogP) is 4.00. The molecule has 30 heavy (non-hydrogen) atoms. The van der Waals surface area contributed by atoms with Crippen LogP contribution in [0.2, 0.25) is 0 Å². The van der Waals surface area contributed by atoms with E-state index in [1.54, 1.807) is 24.3 Å². The largest absolute Gasteiger partial charge is 0.427 e. The first kappa shape index (κ1) is 20.7. The molecule has 0 spiro atoms. The molecule has 0 bridgehead atoms. The number of esters is 2. The second-order valence-corrected chi connectivity index (χ2v) is 6.44. The zero-order chi connectivity index (χ0) is 21.7. The summed E-state index contributed by atoms with van der Waals surface area (Å²) in [4.78, 5) is 48.0. The van der Waals surface area contributed by atoms with Gasteiger partial charge in [-0.15, -0.1) is 0 Å². The van der Waals surface area contributed by atoms with Crippen molar-refractivity contribution in [3.8, 4) is 11.5 Å².